The molecule has 1 amide bonds. The molecule has 0 bridgehead atoms. The summed E-state index contributed by atoms with van der Waals surface area (Å²) in [7, 11) is 0. The van der Waals surface area contributed by atoms with Gasteiger partial charge in [-0.2, -0.15) is 0 Å². The molecule has 0 atom stereocenters. The molecular weight excluding hydrogens is 262 g/mol. The molecule has 1 heterocycles. The fourth-order valence-corrected chi connectivity index (χ4v) is 2.80. The second-order valence-electron chi connectivity index (χ2n) is 5.19. The van der Waals surface area contributed by atoms with E-state index in [2.05, 4.69) is 17.2 Å². The molecule has 19 heavy (non-hydrogen) atoms. The van der Waals surface area contributed by atoms with Crippen molar-refractivity contribution in [2.45, 2.75) is 45.1 Å². The number of anilines is 1. The van der Waals surface area contributed by atoms with E-state index in [4.69, 9.17) is 17.3 Å². The van der Waals surface area contributed by atoms with E-state index in [9.17, 15) is 4.79 Å². The standard InChI is InChI=1S/C14H20ClN3O/c1-2-9-3-5-10(6-4-9)18-14(19)11-7-13(16)17-8-12(11)15/h7-10H,2-6H2,1H3,(H2,16,17)(H,18,19). The summed E-state index contributed by atoms with van der Waals surface area (Å²) < 4.78 is 0. The summed E-state index contributed by atoms with van der Waals surface area (Å²) in [4.78, 5) is 16.0. The van der Waals surface area contributed by atoms with Gasteiger partial charge in [0.25, 0.3) is 5.91 Å². The molecule has 0 radical (unpaired) electrons. The highest BCUT2D eigenvalue weighted by Crippen LogP contribution is 2.27. The number of amides is 1. The van der Waals surface area contributed by atoms with Gasteiger partial charge in [0.15, 0.2) is 0 Å². The summed E-state index contributed by atoms with van der Waals surface area (Å²) >= 11 is 5.98. The molecule has 0 spiro atoms. The van der Waals surface area contributed by atoms with Crippen LogP contribution in [0.2, 0.25) is 5.02 Å². The predicted molar refractivity (Wildman–Crippen MR) is 77.2 cm³/mol. The third kappa shape index (κ3) is 3.60. The van der Waals surface area contributed by atoms with Crippen LogP contribution < -0.4 is 11.1 Å². The Kier molecular flexibility index (Phi) is 4.64. The first-order chi connectivity index (χ1) is 9.10. The molecule has 1 aromatic rings. The van der Waals surface area contributed by atoms with E-state index in [1.54, 1.807) is 0 Å². The number of rotatable bonds is 3. The number of nitrogens with two attached hydrogens (primary N) is 1. The van der Waals surface area contributed by atoms with Crippen LogP contribution in [0.1, 0.15) is 49.4 Å². The van der Waals surface area contributed by atoms with Crippen LogP contribution in [0.25, 0.3) is 0 Å². The minimum atomic E-state index is -0.154. The Morgan fingerprint density at radius 1 is 1.47 bits per heavy atom. The quantitative estimate of drug-likeness (QED) is 0.895. The number of nitrogen functional groups attached to an aromatic ring is 1. The smallest absolute Gasteiger partial charge is 0.253 e. The zero-order valence-electron chi connectivity index (χ0n) is 11.2. The van der Waals surface area contributed by atoms with Crippen LogP contribution in [-0.4, -0.2) is 16.9 Å². The highest BCUT2D eigenvalue weighted by atomic mass is 35.5. The summed E-state index contributed by atoms with van der Waals surface area (Å²) in [5.74, 6) is 0.969. The third-order valence-electron chi connectivity index (χ3n) is 3.88. The number of nitrogens with zero attached hydrogens (tertiary/aromatic N) is 1. The van der Waals surface area contributed by atoms with Crippen molar-refractivity contribution in [2.24, 2.45) is 5.92 Å². The van der Waals surface area contributed by atoms with Crippen LogP contribution in [0, 0.1) is 5.92 Å². The van der Waals surface area contributed by atoms with Crippen molar-refractivity contribution in [2.75, 3.05) is 5.73 Å². The molecule has 1 aromatic heterocycles. The lowest BCUT2D eigenvalue weighted by atomic mass is 9.84. The Labute approximate surface area is 118 Å². The van der Waals surface area contributed by atoms with Gasteiger partial charge in [-0.1, -0.05) is 24.9 Å². The summed E-state index contributed by atoms with van der Waals surface area (Å²) in [5, 5.41) is 3.38. The summed E-state index contributed by atoms with van der Waals surface area (Å²) in [6.45, 7) is 2.23. The molecule has 1 aliphatic rings. The van der Waals surface area contributed by atoms with Gasteiger partial charge in [-0.3, -0.25) is 4.79 Å². The van der Waals surface area contributed by atoms with Crippen LogP contribution in [0.4, 0.5) is 5.82 Å². The third-order valence-corrected chi connectivity index (χ3v) is 4.18. The number of carbonyl (C=O) groups is 1. The van der Waals surface area contributed by atoms with Gasteiger partial charge in [0.2, 0.25) is 0 Å². The molecule has 104 valence electrons. The monoisotopic (exact) mass is 281 g/mol. The number of hydrogen-bond donors (Lipinski definition) is 2. The van der Waals surface area contributed by atoms with Gasteiger partial charge in [0.1, 0.15) is 5.82 Å². The van der Waals surface area contributed by atoms with Crippen LogP contribution in [-0.2, 0) is 0 Å². The van der Waals surface area contributed by atoms with Gasteiger partial charge in [-0.15, -0.1) is 0 Å². The van der Waals surface area contributed by atoms with E-state index < -0.39 is 0 Å². The Bertz CT molecular complexity index is 456. The maximum atomic E-state index is 12.2. The first-order valence-electron chi connectivity index (χ1n) is 6.82. The molecule has 1 aliphatic carbocycles. The summed E-state index contributed by atoms with van der Waals surface area (Å²) in [5.41, 5.74) is 5.99. The predicted octanol–water partition coefficient (Wildman–Crippen LogP) is 3.02. The van der Waals surface area contributed by atoms with E-state index >= 15 is 0 Å². The largest absolute Gasteiger partial charge is 0.384 e. The fraction of sp³-hybridized carbons (Fsp3) is 0.571. The molecule has 0 aliphatic heterocycles. The number of carbonyl (C=O) groups excluding carboxylic acids is 1. The topological polar surface area (TPSA) is 68.0 Å². The van der Waals surface area contributed by atoms with Gasteiger partial charge in [0, 0.05) is 12.2 Å². The molecule has 1 saturated carbocycles. The first-order valence-corrected chi connectivity index (χ1v) is 7.19. The highest BCUT2D eigenvalue weighted by molar-refractivity contribution is 6.33. The zero-order chi connectivity index (χ0) is 13.8. The summed E-state index contributed by atoms with van der Waals surface area (Å²) in [6.07, 6.45) is 7.11. The SMILES string of the molecule is CCC1CCC(NC(=O)c2cc(N)ncc2Cl)CC1. The molecule has 0 unspecified atom stereocenters. The molecule has 5 heteroatoms. The number of hydrogen-bond acceptors (Lipinski definition) is 3. The molecular formula is C14H20ClN3O. The molecule has 4 nitrogen and oxygen atoms in total. The van der Waals surface area contributed by atoms with E-state index in [-0.39, 0.29) is 11.9 Å². The molecule has 2 rings (SSSR count). The molecule has 0 saturated heterocycles. The van der Waals surface area contributed by atoms with Gasteiger partial charge in [-0.05, 0) is 37.7 Å². The Morgan fingerprint density at radius 3 is 2.79 bits per heavy atom. The number of pyridine rings is 1. The van der Waals surface area contributed by atoms with E-state index in [1.165, 1.54) is 31.5 Å². The normalized spacial score (nSPS) is 23.1. The van der Waals surface area contributed by atoms with Crippen LogP contribution in [0.3, 0.4) is 0 Å². The van der Waals surface area contributed by atoms with Crippen molar-refractivity contribution < 1.29 is 4.79 Å². The van der Waals surface area contributed by atoms with Gasteiger partial charge in [-0.25, -0.2) is 4.98 Å². The lowest BCUT2D eigenvalue weighted by Crippen LogP contribution is -2.37. The van der Waals surface area contributed by atoms with Gasteiger partial charge in [0.05, 0.1) is 10.6 Å². The summed E-state index contributed by atoms with van der Waals surface area (Å²) in [6, 6.07) is 1.77. The van der Waals surface area contributed by atoms with Crippen molar-refractivity contribution in [3.63, 3.8) is 0 Å². The second kappa shape index (κ2) is 6.24. The fourth-order valence-electron chi connectivity index (χ4n) is 2.61. The van der Waals surface area contributed by atoms with Gasteiger partial charge < -0.3 is 11.1 Å². The maximum absolute atomic E-state index is 12.2. The Balaban J connectivity index is 1.96. The highest BCUT2D eigenvalue weighted by Gasteiger charge is 2.22. The molecule has 3 N–H and O–H groups in total. The van der Waals surface area contributed by atoms with Crippen molar-refractivity contribution in [3.05, 3.63) is 22.8 Å². The second-order valence-corrected chi connectivity index (χ2v) is 5.60. The first kappa shape index (κ1) is 14.1. The number of aromatic nitrogens is 1. The lowest BCUT2D eigenvalue weighted by Gasteiger charge is -2.28. The van der Waals surface area contributed by atoms with E-state index in [0.717, 1.165) is 18.8 Å². The van der Waals surface area contributed by atoms with E-state index in [0.29, 0.717) is 16.4 Å². The maximum Gasteiger partial charge on any atom is 0.253 e. The average Bonchev–Trinajstić information content (AvgIpc) is 2.42. The van der Waals surface area contributed by atoms with Gasteiger partial charge >= 0.3 is 0 Å². The average molecular weight is 282 g/mol. The Morgan fingerprint density at radius 2 is 2.16 bits per heavy atom. The number of halogens is 1. The zero-order valence-corrected chi connectivity index (χ0v) is 11.9. The number of nitrogens with one attached hydrogen (secondary N) is 1. The lowest BCUT2D eigenvalue weighted by molar-refractivity contribution is 0.0921. The van der Waals surface area contributed by atoms with Crippen molar-refractivity contribution in [1.29, 1.82) is 0 Å². The van der Waals surface area contributed by atoms with Crippen molar-refractivity contribution in [3.8, 4) is 0 Å². The minimum absolute atomic E-state index is 0.154. The molecule has 1 fully saturated rings. The minimum Gasteiger partial charge on any atom is -0.384 e. The van der Waals surface area contributed by atoms with Crippen LogP contribution >= 0.6 is 11.6 Å². The van der Waals surface area contributed by atoms with Crippen molar-refractivity contribution in [1.82, 2.24) is 10.3 Å². The van der Waals surface area contributed by atoms with Crippen LogP contribution in [0.5, 0.6) is 0 Å². The van der Waals surface area contributed by atoms with Crippen molar-refractivity contribution >= 4 is 23.3 Å². The Hall–Kier alpha value is -1.29. The van der Waals surface area contributed by atoms with E-state index in [1.807, 2.05) is 0 Å². The molecule has 0 aromatic carbocycles. The van der Waals surface area contributed by atoms with Crippen LogP contribution in [0.15, 0.2) is 12.3 Å².